The molecule has 0 spiro atoms. The molecule has 0 aliphatic carbocycles. The van der Waals surface area contributed by atoms with Crippen LogP contribution in [0.1, 0.15) is 52.9 Å². The molecule has 1 aliphatic heterocycles. The van der Waals surface area contributed by atoms with E-state index >= 15 is 0 Å². The Morgan fingerprint density at radius 3 is 2.41 bits per heavy atom. The highest BCUT2D eigenvalue weighted by Gasteiger charge is 2.29. The van der Waals surface area contributed by atoms with E-state index in [-0.39, 0.29) is 22.4 Å². The van der Waals surface area contributed by atoms with Gasteiger partial charge >= 0.3 is 0 Å². The fourth-order valence-corrected chi connectivity index (χ4v) is 5.31. The number of hydrogen-bond acceptors (Lipinski definition) is 4. The van der Waals surface area contributed by atoms with E-state index in [9.17, 15) is 13.2 Å². The third-order valence-electron chi connectivity index (χ3n) is 5.36. The topological polar surface area (TPSA) is 75.7 Å². The quantitative estimate of drug-likeness (QED) is 0.781. The average Bonchev–Trinajstić information content (AvgIpc) is 3.23. The monoisotopic (exact) mass is 416 g/mol. The molecule has 0 bridgehead atoms. The first-order chi connectivity index (χ1) is 13.7. The molecule has 0 saturated carbocycles. The Kier molecular flexibility index (Phi) is 6.29. The Morgan fingerprint density at radius 2 is 1.79 bits per heavy atom. The van der Waals surface area contributed by atoms with Crippen molar-refractivity contribution < 1.29 is 17.9 Å². The molecule has 2 aromatic carbocycles. The maximum absolute atomic E-state index is 13.0. The molecule has 3 rings (SSSR count). The molecule has 1 saturated heterocycles. The molecule has 6 nitrogen and oxygen atoms in total. The number of methoxy groups -OCH3 is 1. The van der Waals surface area contributed by atoms with Gasteiger partial charge < -0.3 is 10.1 Å². The van der Waals surface area contributed by atoms with Crippen LogP contribution in [0.5, 0.6) is 5.75 Å². The van der Waals surface area contributed by atoms with Crippen molar-refractivity contribution in [2.24, 2.45) is 0 Å². The molecule has 29 heavy (non-hydrogen) atoms. The van der Waals surface area contributed by atoms with Crippen molar-refractivity contribution in [2.75, 3.05) is 20.2 Å². The highest BCUT2D eigenvalue weighted by atomic mass is 32.2. The molecule has 2 aromatic rings. The van der Waals surface area contributed by atoms with Gasteiger partial charge in [0.15, 0.2) is 0 Å². The summed E-state index contributed by atoms with van der Waals surface area (Å²) in [7, 11) is -2.15. The summed E-state index contributed by atoms with van der Waals surface area (Å²) in [6, 6.07) is 10.3. The number of carbonyl (C=O) groups is 1. The van der Waals surface area contributed by atoms with Gasteiger partial charge in [0, 0.05) is 13.1 Å². The van der Waals surface area contributed by atoms with E-state index in [0.717, 1.165) is 29.5 Å². The normalized spacial score (nSPS) is 15.9. The lowest BCUT2D eigenvalue weighted by molar-refractivity contribution is 0.0936. The molecule has 7 heteroatoms. The summed E-state index contributed by atoms with van der Waals surface area (Å²) >= 11 is 0. The molecular formula is C22H28N2O4S. The summed E-state index contributed by atoms with van der Waals surface area (Å²) in [5.74, 6) is -0.0245. The SMILES string of the molecule is COc1ccc(S(=O)(=O)N2CCCC2)cc1C(=O)N[C@H](C)c1ccc(C)cc1C. The van der Waals surface area contributed by atoms with Crippen LogP contribution in [0.3, 0.4) is 0 Å². The number of sulfonamides is 1. The fraction of sp³-hybridized carbons (Fsp3) is 0.409. The van der Waals surface area contributed by atoms with Gasteiger partial charge in [0.1, 0.15) is 5.75 Å². The van der Waals surface area contributed by atoms with Gasteiger partial charge in [-0.15, -0.1) is 0 Å². The Bertz CT molecular complexity index is 1010. The molecule has 1 amide bonds. The molecular weight excluding hydrogens is 388 g/mol. The van der Waals surface area contributed by atoms with Crippen molar-refractivity contribution in [1.29, 1.82) is 0 Å². The van der Waals surface area contributed by atoms with Gasteiger partial charge in [0.25, 0.3) is 5.91 Å². The van der Waals surface area contributed by atoms with Crippen molar-refractivity contribution in [3.63, 3.8) is 0 Å². The van der Waals surface area contributed by atoms with Crippen molar-refractivity contribution in [1.82, 2.24) is 9.62 Å². The highest BCUT2D eigenvalue weighted by Crippen LogP contribution is 2.27. The summed E-state index contributed by atoms with van der Waals surface area (Å²) in [4.78, 5) is 13.1. The van der Waals surface area contributed by atoms with Crippen LogP contribution in [-0.4, -0.2) is 38.8 Å². The van der Waals surface area contributed by atoms with Crippen LogP contribution >= 0.6 is 0 Å². The summed E-state index contributed by atoms with van der Waals surface area (Å²) < 4.78 is 32.5. The van der Waals surface area contributed by atoms with Crippen LogP contribution in [0.15, 0.2) is 41.3 Å². The molecule has 0 aromatic heterocycles. The second-order valence-electron chi connectivity index (χ2n) is 7.53. The minimum atomic E-state index is -3.61. The van der Waals surface area contributed by atoms with Gasteiger partial charge in [0.2, 0.25) is 10.0 Å². The third kappa shape index (κ3) is 4.46. The van der Waals surface area contributed by atoms with Crippen LogP contribution in [0, 0.1) is 13.8 Å². The summed E-state index contributed by atoms with van der Waals surface area (Å²) in [6.45, 7) is 6.97. The second kappa shape index (κ2) is 8.55. The van der Waals surface area contributed by atoms with Gasteiger partial charge in [-0.05, 0) is 62.9 Å². The summed E-state index contributed by atoms with van der Waals surface area (Å²) in [5.41, 5.74) is 3.48. The van der Waals surface area contributed by atoms with Crippen molar-refractivity contribution >= 4 is 15.9 Å². The lowest BCUT2D eigenvalue weighted by Gasteiger charge is -2.19. The number of carbonyl (C=O) groups excluding carboxylic acids is 1. The van der Waals surface area contributed by atoms with E-state index in [4.69, 9.17) is 4.74 Å². The first-order valence-corrected chi connectivity index (χ1v) is 11.2. The second-order valence-corrected chi connectivity index (χ2v) is 9.47. The molecule has 0 radical (unpaired) electrons. The molecule has 1 N–H and O–H groups in total. The van der Waals surface area contributed by atoms with Gasteiger partial charge in [0.05, 0.1) is 23.6 Å². The lowest BCUT2D eigenvalue weighted by Crippen LogP contribution is -2.29. The van der Waals surface area contributed by atoms with Crippen LogP contribution in [0.2, 0.25) is 0 Å². The minimum Gasteiger partial charge on any atom is -0.496 e. The number of amides is 1. The van der Waals surface area contributed by atoms with E-state index < -0.39 is 10.0 Å². The van der Waals surface area contributed by atoms with Gasteiger partial charge in [-0.1, -0.05) is 23.8 Å². The summed E-state index contributed by atoms with van der Waals surface area (Å²) in [5, 5.41) is 2.97. The standard InChI is InChI=1S/C22H28N2O4S/c1-15-7-9-19(16(2)13-15)17(3)23-22(25)20-14-18(8-10-21(20)28-4)29(26,27)24-11-5-6-12-24/h7-10,13-14,17H,5-6,11-12H2,1-4H3,(H,23,25)/t17-/m1/s1. The number of aryl methyl sites for hydroxylation is 2. The zero-order chi connectivity index (χ0) is 21.2. The number of hydrogen-bond donors (Lipinski definition) is 1. The molecule has 0 unspecified atom stereocenters. The molecule has 156 valence electrons. The zero-order valence-corrected chi connectivity index (χ0v) is 18.2. The minimum absolute atomic E-state index is 0.115. The zero-order valence-electron chi connectivity index (χ0n) is 17.4. The van der Waals surface area contributed by atoms with Crippen LogP contribution in [0.4, 0.5) is 0 Å². The van der Waals surface area contributed by atoms with Gasteiger partial charge in [-0.25, -0.2) is 8.42 Å². The number of nitrogens with one attached hydrogen (secondary N) is 1. The first-order valence-electron chi connectivity index (χ1n) is 9.80. The Balaban J connectivity index is 1.89. The third-order valence-corrected chi connectivity index (χ3v) is 7.25. The maximum Gasteiger partial charge on any atom is 0.255 e. The van der Waals surface area contributed by atoms with Crippen LogP contribution < -0.4 is 10.1 Å². The smallest absolute Gasteiger partial charge is 0.255 e. The van der Waals surface area contributed by atoms with Crippen LogP contribution in [0.25, 0.3) is 0 Å². The van der Waals surface area contributed by atoms with E-state index in [2.05, 4.69) is 11.4 Å². The largest absolute Gasteiger partial charge is 0.496 e. The van der Waals surface area contributed by atoms with E-state index in [1.54, 1.807) is 6.07 Å². The Hall–Kier alpha value is -2.38. The predicted molar refractivity (Wildman–Crippen MR) is 113 cm³/mol. The predicted octanol–water partition coefficient (Wildman–Crippen LogP) is 3.59. The molecule has 1 fully saturated rings. The van der Waals surface area contributed by atoms with Crippen molar-refractivity contribution in [3.8, 4) is 5.75 Å². The highest BCUT2D eigenvalue weighted by molar-refractivity contribution is 7.89. The fourth-order valence-electron chi connectivity index (χ4n) is 3.77. The van der Waals surface area contributed by atoms with E-state index in [1.807, 2.05) is 32.9 Å². The Labute approximate surface area is 172 Å². The maximum atomic E-state index is 13.0. The number of ether oxygens (including phenoxy) is 1. The van der Waals surface area contributed by atoms with Crippen LogP contribution in [-0.2, 0) is 10.0 Å². The molecule has 1 aliphatic rings. The van der Waals surface area contributed by atoms with Crippen molar-refractivity contribution in [3.05, 3.63) is 58.7 Å². The van der Waals surface area contributed by atoms with Gasteiger partial charge in [-0.3, -0.25) is 4.79 Å². The van der Waals surface area contributed by atoms with E-state index in [1.165, 1.54) is 23.5 Å². The average molecular weight is 417 g/mol. The Morgan fingerprint density at radius 1 is 1.10 bits per heavy atom. The van der Waals surface area contributed by atoms with Gasteiger partial charge in [-0.2, -0.15) is 4.31 Å². The number of nitrogens with zero attached hydrogens (tertiary/aromatic N) is 1. The molecule has 1 heterocycles. The molecule has 1 atom stereocenters. The van der Waals surface area contributed by atoms with E-state index in [0.29, 0.717) is 18.8 Å². The number of benzene rings is 2. The van der Waals surface area contributed by atoms with Crippen molar-refractivity contribution in [2.45, 2.75) is 44.6 Å². The summed E-state index contributed by atoms with van der Waals surface area (Å²) in [6.07, 6.45) is 1.71. The lowest BCUT2D eigenvalue weighted by atomic mass is 10.00. The first kappa shape index (κ1) is 21.3. The number of rotatable bonds is 6.